The van der Waals surface area contributed by atoms with Gasteiger partial charge in [0.25, 0.3) is 0 Å². The third-order valence-corrected chi connectivity index (χ3v) is 5.92. The quantitative estimate of drug-likeness (QED) is 0.869. The Bertz CT molecular complexity index is 488. The summed E-state index contributed by atoms with van der Waals surface area (Å²) in [4.78, 5) is 15.7. The Morgan fingerprint density at radius 3 is 3.14 bits per heavy atom. The highest BCUT2D eigenvalue weighted by molar-refractivity contribution is 7.10. The number of fused-ring (bicyclic) bond motifs is 1. The van der Waals surface area contributed by atoms with Crippen LogP contribution in [0.1, 0.15) is 29.7 Å². The van der Waals surface area contributed by atoms with Crippen LogP contribution in [0, 0.1) is 11.8 Å². The summed E-state index contributed by atoms with van der Waals surface area (Å²) in [5, 5.41) is 14.7. The lowest BCUT2D eigenvalue weighted by Crippen LogP contribution is -2.42. The van der Waals surface area contributed by atoms with E-state index in [4.69, 9.17) is 0 Å². The van der Waals surface area contributed by atoms with Gasteiger partial charge in [-0.05, 0) is 54.7 Å². The number of aliphatic hydroxyl groups excluding tert-OH is 1. The summed E-state index contributed by atoms with van der Waals surface area (Å²) in [5.74, 6) is 1.16. The average molecular weight is 308 g/mol. The van der Waals surface area contributed by atoms with Crippen molar-refractivity contribution in [2.24, 2.45) is 11.8 Å². The molecule has 0 bridgehead atoms. The van der Waals surface area contributed by atoms with Gasteiger partial charge < -0.3 is 15.3 Å². The van der Waals surface area contributed by atoms with Crippen LogP contribution in [0.3, 0.4) is 0 Å². The summed E-state index contributed by atoms with van der Waals surface area (Å²) >= 11 is 1.80. The van der Waals surface area contributed by atoms with E-state index in [9.17, 15) is 9.90 Å². The number of rotatable bonds is 5. The lowest BCUT2D eigenvalue weighted by atomic mass is 9.97. The van der Waals surface area contributed by atoms with Crippen LogP contribution in [-0.2, 0) is 17.8 Å². The molecule has 1 aromatic heterocycles. The lowest BCUT2D eigenvalue weighted by Gasteiger charge is -2.27. The van der Waals surface area contributed by atoms with Gasteiger partial charge in [0.05, 0.1) is 6.54 Å². The van der Waals surface area contributed by atoms with Crippen molar-refractivity contribution in [3.63, 3.8) is 0 Å². The highest BCUT2D eigenvalue weighted by atomic mass is 32.1. The Kier molecular flexibility index (Phi) is 4.93. The molecule has 0 aromatic carbocycles. The Morgan fingerprint density at radius 1 is 1.43 bits per heavy atom. The zero-order valence-corrected chi connectivity index (χ0v) is 13.2. The van der Waals surface area contributed by atoms with E-state index < -0.39 is 0 Å². The first kappa shape index (κ1) is 15.0. The van der Waals surface area contributed by atoms with Crippen LogP contribution in [0.5, 0.6) is 0 Å². The molecular weight excluding hydrogens is 284 g/mol. The summed E-state index contributed by atoms with van der Waals surface area (Å²) in [7, 11) is 0. The van der Waals surface area contributed by atoms with Gasteiger partial charge in [-0.3, -0.25) is 4.79 Å². The molecule has 2 unspecified atom stereocenters. The minimum atomic E-state index is 0.199. The minimum absolute atomic E-state index is 0.199. The SMILES string of the molecule is O=C(CNCC1CCCC1CO)N1CCc2sccc2C1. The molecule has 4 nitrogen and oxygen atoms in total. The highest BCUT2D eigenvalue weighted by Crippen LogP contribution is 2.30. The Labute approximate surface area is 130 Å². The van der Waals surface area contributed by atoms with Crippen molar-refractivity contribution in [2.45, 2.75) is 32.2 Å². The van der Waals surface area contributed by atoms with E-state index in [2.05, 4.69) is 16.8 Å². The predicted molar refractivity (Wildman–Crippen MR) is 84.2 cm³/mol. The van der Waals surface area contributed by atoms with Gasteiger partial charge in [-0.25, -0.2) is 0 Å². The molecule has 1 saturated carbocycles. The number of hydrogen-bond acceptors (Lipinski definition) is 4. The fourth-order valence-corrected chi connectivity index (χ4v) is 4.45. The van der Waals surface area contributed by atoms with Crippen molar-refractivity contribution in [1.82, 2.24) is 10.2 Å². The number of amides is 1. The van der Waals surface area contributed by atoms with Crippen LogP contribution in [0.4, 0.5) is 0 Å². The Hall–Kier alpha value is -0.910. The van der Waals surface area contributed by atoms with Gasteiger partial charge in [0, 0.05) is 24.6 Å². The molecule has 2 N–H and O–H groups in total. The topological polar surface area (TPSA) is 52.6 Å². The summed E-state index contributed by atoms with van der Waals surface area (Å²) < 4.78 is 0. The molecule has 1 fully saturated rings. The first-order chi connectivity index (χ1) is 10.3. The van der Waals surface area contributed by atoms with E-state index in [1.807, 2.05) is 4.90 Å². The maximum absolute atomic E-state index is 12.3. The van der Waals surface area contributed by atoms with Crippen molar-refractivity contribution in [1.29, 1.82) is 0 Å². The smallest absolute Gasteiger partial charge is 0.236 e. The molecule has 0 spiro atoms. The Balaban J connectivity index is 1.43. The number of nitrogens with zero attached hydrogens (tertiary/aromatic N) is 1. The monoisotopic (exact) mass is 308 g/mol. The molecule has 1 aliphatic carbocycles. The number of carbonyl (C=O) groups is 1. The van der Waals surface area contributed by atoms with E-state index in [1.54, 1.807) is 11.3 Å². The average Bonchev–Trinajstić information content (AvgIpc) is 3.14. The zero-order valence-electron chi connectivity index (χ0n) is 12.4. The maximum atomic E-state index is 12.3. The summed E-state index contributed by atoms with van der Waals surface area (Å²) in [6.45, 7) is 3.18. The number of carbonyl (C=O) groups excluding carboxylic acids is 1. The fourth-order valence-electron chi connectivity index (χ4n) is 3.56. The fraction of sp³-hybridized carbons (Fsp3) is 0.688. The van der Waals surface area contributed by atoms with Crippen LogP contribution in [0.15, 0.2) is 11.4 Å². The van der Waals surface area contributed by atoms with Gasteiger partial charge >= 0.3 is 0 Å². The second-order valence-electron chi connectivity index (χ2n) is 6.20. The summed E-state index contributed by atoms with van der Waals surface area (Å²) in [5.41, 5.74) is 1.32. The molecule has 1 amide bonds. The first-order valence-electron chi connectivity index (χ1n) is 7.92. The third-order valence-electron chi connectivity index (χ3n) is 4.89. The van der Waals surface area contributed by atoms with E-state index in [0.717, 1.165) is 32.5 Å². The first-order valence-corrected chi connectivity index (χ1v) is 8.80. The van der Waals surface area contributed by atoms with Gasteiger partial charge in [0.2, 0.25) is 5.91 Å². The van der Waals surface area contributed by atoms with Crippen LogP contribution in [0.25, 0.3) is 0 Å². The molecule has 2 aliphatic rings. The number of thiophene rings is 1. The lowest BCUT2D eigenvalue weighted by molar-refractivity contribution is -0.131. The van der Waals surface area contributed by atoms with Gasteiger partial charge in [0.1, 0.15) is 0 Å². The van der Waals surface area contributed by atoms with Gasteiger partial charge in [-0.15, -0.1) is 11.3 Å². The molecule has 0 saturated heterocycles. The summed E-state index contributed by atoms with van der Waals surface area (Å²) in [6, 6.07) is 2.14. The van der Waals surface area contributed by atoms with E-state index in [1.165, 1.54) is 23.3 Å². The second kappa shape index (κ2) is 6.90. The predicted octanol–water partition coefficient (Wildman–Crippen LogP) is 1.63. The maximum Gasteiger partial charge on any atom is 0.236 e. The largest absolute Gasteiger partial charge is 0.396 e. The number of hydrogen-bond donors (Lipinski definition) is 2. The van der Waals surface area contributed by atoms with E-state index >= 15 is 0 Å². The van der Waals surface area contributed by atoms with E-state index in [0.29, 0.717) is 18.4 Å². The van der Waals surface area contributed by atoms with Gasteiger partial charge in [-0.1, -0.05) is 6.42 Å². The normalized spacial score (nSPS) is 25.1. The standard InChI is InChI=1S/C16H24N2O2S/c19-11-14-3-1-2-12(14)8-17-9-16(20)18-6-4-15-13(10-18)5-7-21-15/h5,7,12,14,17,19H,1-4,6,8-11H2. The molecule has 1 aromatic rings. The molecule has 3 rings (SSSR count). The molecular formula is C16H24N2O2S. The highest BCUT2D eigenvalue weighted by Gasteiger charge is 2.27. The van der Waals surface area contributed by atoms with Gasteiger partial charge in [0.15, 0.2) is 0 Å². The molecule has 1 aliphatic heterocycles. The van der Waals surface area contributed by atoms with E-state index in [-0.39, 0.29) is 12.5 Å². The minimum Gasteiger partial charge on any atom is -0.396 e. The van der Waals surface area contributed by atoms with Crippen LogP contribution in [-0.4, -0.2) is 42.2 Å². The molecule has 116 valence electrons. The zero-order chi connectivity index (χ0) is 14.7. The molecule has 5 heteroatoms. The van der Waals surface area contributed by atoms with Crippen LogP contribution in [0.2, 0.25) is 0 Å². The van der Waals surface area contributed by atoms with Crippen LogP contribution < -0.4 is 5.32 Å². The third kappa shape index (κ3) is 3.47. The summed E-state index contributed by atoms with van der Waals surface area (Å²) in [6.07, 6.45) is 4.50. The van der Waals surface area contributed by atoms with Crippen molar-refractivity contribution in [2.75, 3.05) is 26.2 Å². The molecule has 2 heterocycles. The number of aliphatic hydroxyl groups is 1. The van der Waals surface area contributed by atoms with Crippen molar-refractivity contribution < 1.29 is 9.90 Å². The number of nitrogens with one attached hydrogen (secondary N) is 1. The molecule has 21 heavy (non-hydrogen) atoms. The second-order valence-corrected chi connectivity index (χ2v) is 7.20. The molecule has 2 atom stereocenters. The molecule has 0 radical (unpaired) electrons. The van der Waals surface area contributed by atoms with Crippen molar-refractivity contribution in [3.05, 3.63) is 21.9 Å². The van der Waals surface area contributed by atoms with Crippen LogP contribution >= 0.6 is 11.3 Å². The van der Waals surface area contributed by atoms with Crippen molar-refractivity contribution in [3.8, 4) is 0 Å². The van der Waals surface area contributed by atoms with Gasteiger partial charge in [-0.2, -0.15) is 0 Å². The van der Waals surface area contributed by atoms with Crippen molar-refractivity contribution >= 4 is 17.2 Å². The Morgan fingerprint density at radius 2 is 2.29 bits per heavy atom.